The van der Waals surface area contributed by atoms with Gasteiger partial charge in [0.25, 0.3) is 0 Å². The molecule has 0 radical (unpaired) electrons. The minimum atomic E-state index is -4.31. The number of unbranched alkanes of at least 4 members (excludes halogenated alkanes) is 13. The van der Waals surface area contributed by atoms with Crippen LogP contribution in [0.2, 0.25) is 0 Å². The molecule has 1 amide bonds. The summed E-state index contributed by atoms with van der Waals surface area (Å²) in [6.07, 6.45) is 25.5. The van der Waals surface area contributed by atoms with Crippen LogP contribution in [0, 0.1) is 0 Å². The number of nitrogens with zero attached hydrogens (tertiary/aromatic N) is 1. The number of likely N-dealkylation sites (N-methyl/N-ethyl adjacent to an activating group) is 1. The Balaban J connectivity index is 4.53. The SMILES string of the molecule is CCCCCC/C=C\CCCCCCCC(=O)NC(COP(=O)(O)OCC[N+](C)(C)C)C(O)/C=C/CCCCCC. The van der Waals surface area contributed by atoms with Crippen molar-refractivity contribution in [1.29, 1.82) is 0 Å². The standard InChI is InChI=1S/C32H63N2O6P/c1-6-8-10-12-14-15-16-17-18-19-20-22-24-26-32(36)33-30(31(35)25-23-21-13-11-9-7-2)29-40-41(37,38)39-28-27-34(3,4)5/h15-16,23,25,30-31,35H,6-14,17-22,24,26-29H2,1-5H3,(H-,33,36,37,38)/p+1/b16-15-,25-23+. The number of phosphoric acid groups is 1. The van der Waals surface area contributed by atoms with Crippen LogP contribution in [0.3, 0.4) is 0 Å². The van der Waals surface area contributed by atoms with Crippen LogP contribution >= 0.6 is 7.82 Å². The highest BCUT2D eigenvalue weighted by atomic mass is 31.2. The predicted molar refractivity (Wildman–Crippen MR) is 171 cm³/mol. The third-order valence-corrected chi connectivity index (χ3v) is 7.90. The first-order chi connectivity index (χ1) is 19.5. The molecule has 8 nitrogen and oxygen atoms in total. The average molecular weight is 604 g/mol. The fourth-order valence-corrected chi connectivity index (χ4v) is 4.94. The van der Waals surface area contributed by atoms with Crippen LogP contribution in [0.15, 0.2) is 24.3 Å². The van der Waals surface area contributed by atoms with Gasteiger partial charge in [0.05, 0.1) is 39.9 Å². The van der Waals surface area contributed by atoms with E-state index in [-0.39, 0.29) is 19.1 Å². The molecule has 9 heteroatoms. The number of aliphatic hydroxyl groups is 1. The number of quaternary nitrogens is 1. The van der Waals surface area contributed by atoms with Gasteiger partial charge in [-0.25, -0.2) is 4.57 Å². The van der Waals surface area contributed by atoms with Crippen LogP contribution < -0.4 is 5.32 Å². The van der Waals surface area contributed by atoms with E-state index in [0.717, 1.165) is 57.8 Å². The molecular formula is C32H64N2O6P+. The van der Waals surface area contributed by atoms with Gasteiger partial charge in [0.2, 0.25) is 5.91 Å². The molecule has 3 unspecified atom stereocenters. The molecule has 0 heterocycles. The zero-order valence-corrected chi connectivity index (χ0v) is 27.9. The van der Waals surface area contributed by atoms with E-state index in [0.29, 0.717) is 17.4 Å². The summed E-state index contributed by atoms with van der Waals surface area (Å²) in [6, 6.07) is -0.842. The van der Waals surface area contributed by atoms with Gasteiger partial charge in [0, 0.05) is 6.42 Å². The molecular weight excluding hydrogens is 539 g/mol. The fraction of sp³-hybridized carbons (Fsp3) is 0.844. The lowest BCUT2D eigenvalue weighted by molar-refractivity contribution is -0.870. The van der Waals surface area contributed by atoms with Crippen LogP contribution in [0.5, 0.6) is 0 Å². The second-order valence-corrected chi connectivity index (χ2v) is 13.6. The normalized spacial score (nSPS) is 15.4. The van der Waals surface area contributed by atoms with E-state index in [2.05, 4.69) is 31.3 Å². The molecule has 0 aromatic heterocycles. The van der Waals surface area contributed by atoms with E-state index in [9.17, 15) is 19.4 Å². The highest BCUT2D eigenvalue weighted by molar-refractivity contribution is 7.47. The van der Waals surface area contributed by atoms with Crippen molar-refractivity contribution in [2.45, 2.75) is 135 Å². The van der Waals surface area contributed by atoms with Crippen molar-refractivity contribution in [3.63, 3.8) is 0 Å². The molecule has 0 aliphatic rings. The summed E-state index contributed by atoms with van der Waals surface area (Å²) in [5.74, 6) is -0.196. The molecule has 3 atom stereocenters. The van der Waals surface area contributed by atoms with Gasteiger partial charge >= 0.3 is 7.82 Å². The second kappa shape index (κ2) is 25.5. The Morgan fingerprint density at radius 1 is 0.805 bits per heavy atom. The van der Waals surface area contributed by atoms with E-state index in [1.807, 2.05) is 27.2 Å². The van der Waals surface area contributed by atoms with E-state index >= 15 is 0 Å². The van der Waals surface area contributed by atoms with E-state index in [1.54, 1.807) is 6.08 Å². The van der Waals surface area contributed by atoms with Gasteiger partial charge in [-0.2, -0.15) is 0 Å². The third kappa shape index (κ3) is 27.6. The van der Waals surface area contributed by atoms with Crippen LogP contribution in [-0.2, 0) is 18.4 Å². The predicted octanol–water partition coefficient (Wildman–Crippen LogP) is 7.46. The average Bonchev–Trinajstić information content (AvgIpc) is 2.90. The molecule has 0 bridgehead atoms. The molecule has 0 rings (SSSR count). The molecule has 0 aromatic rings. The number of allylic oxidation sites excluding steroid dienone is 3. The Hall–Kier alpha value is -1.02. The van der Waals surface area contributed by atoms with E-state index in [4.69, 9.17) is 9.05 Å². The van der Waals surface area contributed by atoms with E-state index < -0.39 is 20.0 Å². The van der Waals surface area contributed by atoms with Crippen LogP contribution in [0.4, 0.5) is 0 Å². The van der Waals surface area contributed by atoms with Crippen molar-refractivity contribution >= 4 is 13.7 Å². The summed E-state index contributed by atoms with van der Waals surface area (Å²) in [5, 5.41) is 13.5. The van der Waals surface area contributed by atoms with Crippen molar-refractivity contribution < 1.29 is 32.9 Å². The monoisotopic (exact) mass is 603 g/mol. The Morgan fingerprint density at radius 2 is 1.32 bits per heavy atom. The van der Waals surface area contributed by atoms with Gasteiger partial charge in [0.15, 0.2) is 0 Å². The summed E-state index contributed by atoms with van der Waals surface area (Å²) >= 11 is 0. The van der Waals surface area contributed by atoms with Gasteiger partial charge in [0.1, 0.15) is 13.2 Å². The molecule has 0 saturated heterocycles. The highest BCUT2D eigenvalue weighted by Crippen LogP contribution is 2.43. The number of nitrogens with one attached hydrogen (secondary N) is 1. The molecule has 41 heavy (non-hydrogen) atoms. The maximum Gasteiger partial charge on any atom is 0.472 e. The molecule has 0 aliphatic heterocycles. The molecule has 0 aromatic carbocycles. The number of rotatable bonds is 28. The number of amides is 1. The maximum absolute atomic E-state index is 12.6. The van der Waals surface area contributed by atoms with Crippen LogP contribution in [0.1, 0.15) is 123 Å². The molecule has 0 spiro atoms. The van der Waals surface area contributed by atoms with Gasteiger partial charge < -0.3 is 19.8 Å². The second-order valence-electron chi connectivity index (χ2n) is 12.2. The number of hydrogen-bond acceptors (Lipinski definition) is 5. The first kappa shape index (κ1) is 40.0. The topological polar surface area (TPSA) is 105 Å². The van der Waals surface area contributed by atoms with Crippen molar-refractivity contribution in [3.05, 3.63) is 24.3 Å². The molecule has 0 saturated carbocycles. The zero-order valence-electron chi connectivity index (χ0n) is 27.0. The summed E-state index contributed by atoms with van der Waals surface area (Å²) in [4.78, 5) is 22.7. The Labute approximate surface area is 252 Å². The van der Waals surface area contributed by atoms with Crippen molar-refractivity contribution in [2.75, 3.05) is 40.9 Å². The Bertz CT molecular complexity index is 738. The maximum atomic E-state index is 12.6. The van der Waals surface area contributed by atoms with Gasteiger partial charge in [-0.1, -0.05) is 95.9 Å². The fourth-order valence-electron chi connectivity index (χ4n) is 4.21. The quantitative estimate of drug-likeness (QED) is 0.0371. The summed E-state index contributed by atoms with van der Waals surface area (Å²) < 4.78 is 23.2. The number of hydrogen-bond donors (Lipinski definition) is 3. The molecule has 242 valence electrons. The first-order valence-electron chi connectivity index (χ1n) is 16.2. The summed E-state index contributed by atoms with van der Waals surface area (Å²) in [6.45, 7) is 4.67. The molecule has 3 N–H and O–H groups in total. The minimum Gasteiger partial charge on any atom is -0.387 e. The minimum absolute atomic E-state index is 0.0594. The van der Waals surface area contributed by atoms with Gasteiger partial charge in [-0.05, 0) is 44.9 Å². The van der Waals surface area contributed by atoms with Crippen molar-refractivity contribution in [2.24, 2.45) is 0 Å². The number of carbonyl (C=O) groups excluding carboxylic acids is 1. The zero-order chi connectivity index (χ0) is 30.8. The van der Waals surface area contributed by atoms with Crippen LogP contribution in [-0.4, -0.2) is 73.4 Å². The summed E-state index contributed by atoms with van der Waals surface area (Å²) in [7, 11) is 1.56. The van der Waals surface area contributed by atoms with E-state index in [1.165, 1.54) is 44.9 Å². The number of carbonyl (C=O) groups is 1. The largest absolute Gasteiger partial charge is 0.472 e. The van der Waals surface area contributed by atoms with Gasteiger partial charge in [-0.3, -0.25) is 13.8 Å². The molecule has 0 aliphatic carbocycles. The van der Waals surface area contributed by atoms with Gasteiger partial charge in [-0.15, -0.1) is 0 Å². The van der Waals surface area contributed by atoms with Crippen molar-refractivity contribution in [3.8, 4) is 0 Å². The lowest BCUT2D eigenvalue weighted by Gasteiger charge is -2.25. The third-order valence-electron chi connectivity index (χ3n) is 6.92. The Kier molecular flexibility index (Phi) is 24.8. The van der Waals surface area contributed by atoms with Crippen LogP contribution in [0.25, 0.3) is 0 Å². The smallest absolute Gasteiger partial charge is 0.387 e. The number of aliphatic hydroxyl groups excluding tert-OH is 1. The lowest BCUT2D eigenvalue weighted by atomic mass is 10.1. The Morgan fingerprint density at radius 3 is 1.88 bits per heavy atom. The number of phosphoric ester groups is 1. The van der Waals surface area contributed by atoms with Crippen molar-refractivity contribution in [1.82, 2.24) is 5.32 Å². The highest BCUT2D eigenvalue weighted by Gasteiger charge is 2.27. The lowest BCUT2D eigenvalue weighted by Crippen LogP contribution is -2.45. The summed E-state index contributed by atoms with van der Waals surface area (Å²) in [5.41, 5.74) is 0. The molecule has 0 fully saturated rings. The first-order valence-corrected chi connectivity index (χ1v) is 17.7.